The van der Waals surface area contributed by atoms with Gasteiger partial charge in [-0.3, -0.25) is 5.10 Å². The topological polar surface area (TPSA) is 113 Å². The molecule has 1 fully saturated rings. The van der Waals surface area contributed by atoms with Crippen molar-refractivity contribution in [2.45, 2.75) is 43.8 Å². The number of nitrogens with zero attached hydrogens (tertiary/aromatic N) is 2. The van der Waals surface area contributed by atoms with Crippen molar-refractivity contribution < 1.29 is 12.9 Å². The third-order valence-electron chi connectivity index (χ3n) is 3.29. The molecule has 3 N–H and O–H groups in total. The Bertz CT molecular complexity index is 703. The molecule has 0 amide bonds. The van der Waals surface area contributed by atoms with E-state index in [9.17, 15) is 8.42 Å². The number of sulfonamides is 1. The van der Waals surface area contributed by atoms with E-state index in [0.29, 0.717) is 29.7 Å². The molecule has 2 heterocycles. The van der Waals surface area contributed by atoms with Crippen LogP contribution in [-0.2, 0) is 23.1 Å². The molecular weight excluding hydrogens is 294 g/mol. The molecule has 114 valence electrons. The van der Waals surface area contributed by atoms with Crippen molar-refractivity contribution >= 4 is 10.0 Å². The number of H-pyrrole nitrogens is 1. The summed E-state index contributed by atoms with van der Waals surface area (Å²) in [6, 6.07) is 2.10. The zero-order valence-corrected chi connectivity index (χ0v) is 12.4. The van der Waals surface area contributed by atoms with Gasteiger partial charge < -0.3 is 9.84 Å². The van der Waals surface area contributed by atoms with Crippen LogP contribution in [-0.4, -0.2) is 29.8 Å². The molecule has 1 aliphatic rings. The molecule has 0 spiro atoms. The molecule has 2 aromatic heterocycles. The normalized spacial score (nSPS) is 15.5. The van der Waals surface area contributed by atoms with Crippen molar-refractivity contribution in [3.05, 3.63) is 29.4 Å². The van der Waals surface area contributed by atoms with Crippen molar-refractivity contribution in [1.29, 1.82) is 0 Å². The van der Waals surface area contributed by atoms with Gasteiger partial charge in [0.1, 0.15) is 4.90 Å². The molecule has 0 saturated heterocycles. The van der Waals surface area contributed by atoms with Crippen LogP contribution in [0.1, 0.15) is 30.0 Å². The van der Waals surface area contributed by atoms with Gasteiger partial charge in [0.05, 0.1) is 24.1 Å². The summed E-state index contributed by atoms with van der Waals surface area (Å²) >= 11 is 0. The van der Waals surface area contributed by atoms with Crippen LogP contribution in [0, 0.1) is 6.92 Å². The first-order valence-corrected chi connectivity index (χ1v) is 8.21. The first-order valence-electron chi connectivity index (χ1n) is 6.73. The standard InChI is InChI=1S/C12H17N5O3S/c1-8-12(11(17-16-8)7-13-9-2-3-9)21(18,19)15-6-10-4-5-14-20-10/h4-5,9,13,15H,2-3,6-7H2,1H3,(H,16,17). The third kappa shape index (κ3) is 3.31. The Morgan fingerprint density at radius 3 is 2.90 bits per heavy atom. The predicted molar refractivity (Wildman–Crippen MR) is 73.7 cm³/mol. The van der Waals surface area contributed by atoms with Gasteiger partial charge in [0.25, 0.3) is 0 Å². The molecule has 9 heteroatoms. The predicted octanol–water partition coefficient (Wildman–Crippen LogP) is 0.437. The summed E-state index contributed by atoms with van der Waals surface area (Å²) in [5.74, 6) is 0.456. The van der Waals surface area contributed by atoms with E-state index in [2.05, 4.69) is 25.4 Å². The first kappa shape index (κ1) is 14.2. The van der Waals surface area contributed by atoms with Crippen LogP contribution in [0.15, 0.2) is 21.7 Å². The molecule has 1 saturated carbocycles. The number of hydrogen-bond acceptors (Lipinski definition) is 6. The van der Waals surface area contributed by atoms with E-state index in [1.54, 1.807) is 13.0 Å². The van der Waals surface area contributed by atoms with Crippen molar-refractivity contribution in [3.63, 3.8) is 0 Å². The number of rotatable bonds is 7. The molecule has 0 aromatic carbocycles. The summed E-state index contributed by atoms with van der Waals surface area (Å²) in [7, 11) is -3.65. The molecule has 3 rings (SSSR count). The first-order chi connectivity index (χ1) is 10.1. The number of aromatic amines is 1. The van der Waals surface area contributed by atoms with Crippen molar-refractivity contribution in [1.82, 2.24) is 25.4 Å². The van der Waals surface area contributed by atoms with Gasteiger partial charge in [-0.1, -0.05) is 5.16 Å². The molecule has 0 bridgehead atoms. The van der Waals surface area contributed by atoms with Gasteiger partial charge in [-0.25, -0.2) is 13.1 Å². The van der Waals surface area contributed by atoms with Gasteiger partial charge in [-0.15, -0.1) is 0 Å². The zero-order valence-electron chi connectivity index (χ0n) is 11.6. The van der Waals surface area contributed by atoms with E-state index in [4.69, 9.17) is 4.52 Å². The Balaban J connectivity index is 1.75. The van der Waals surface area contributed by atoms with Gasteiger partial charge in [0, 0.05) is 18.7 Å². The molecule has 0 aliphatic heterocycles. The average Bonchev–Trinajstić information content (AvgIpc) is 2.97. The van der Waals surface area contributed by atoms with E-state index < -0.39 is 10.0 Å². The van der Waals surface area contributed by atoms with E-state index in [-0.39, 0.29) is 11.4 Å². The molecule has 8 nitrogen and oxygen atoms in total. The maximum Gasteiger partial charge on any atom is 0.244 e. The van der Waals surface area contributed by atoms with Crippen molar-refractivity contribution in [2.24, 2.45) is 0 Å². The van der Waals surface area contributed by atoms with Crippen LogP contribution < -0.4 is 10.0 Å². The van der Waals surface area contributed by atoms with Crippen LogP contribution in [0.25, 0.3) is 0 Å². The second-order valence-corrected chi connectivity index (χ2v) is 6.79. The number of nitrogens with one attached hydrogen (secondary N) is 3. The summed E-state index contributed by atoms with van der Waals surface area (Å²) < 4.78 is 32.2. The zero-order chi connectivity index (χ0) is 14.9. The summed E-state index contributed by atoms with van der Waals surface area (Å²) in [4.78, 5) is 0.204. The second kappa shape index (κ2) is 5.58. The average molecular weight is 311 g/mol. The van der Waals surface area contributed by atoms with E-state index in [1.165, 1.54) is 6.20 Å². The van der Waals surface area contributed by atoms with Crippen LogP contribution >= 0.6 is 0 Å². The van der Waals surface area contributed by atoms with Crippen LogP contribution in [0.4, 0.5) is 0 Å². The van der Waals surface area contributed by atoms with Gasteiger partial charge in [-0.05, 0) is 19.8 Å². The highest BCUT2D eigenvalue weighted by Gasteiger charge is 2.26. The minimum atomic E-state index is -3.65. The maximum absolute atomic E-state index is 12.4. The maximum atomic E-state index is 12.4. The molecule has 0 unspecified atom stereocenters. The quantitative estimate of drug-likeness (QED) is 0.684. The number of hydrogen-bond donors (Lipinski definition) is 3. The van der Waals surface area contributed by atoms with Crippen molar-refractivity contribution in [3.8, 4) is 0 Å². The minimum Gasteiger partial charge on any atom is -0.360 e. The lowest BCUT2D eigenvalue weighted by Gasteiger charge is -2.07. The number of aromatic nitrogens is 3. The Labute approximate surface area is 122 Å². The molecule has 21 heavy (non-hydrogen) atoms. The van der Waals surface area contributed by atoms with Crippen LogP contribution in [0.2, 0.25) is 0 Å². The molecule has 0 radical (unpaired) electrons. The smallest absolute Gasteiger partial charge is 0.244 e. The highest BCUT2D eigenvalue weighted by atomic mass is 32.2. The lowest BCUT2D eigenvalue weighted by molar-refractivity contribution is 0.380. The fourth-order valence-electron chi connectivity index (χ4n) is 2.05. The summed E-state index contributed by atoms with van der Waals surface area (Å²) in [6.45, 7) is 2.19. The lowest BCUT2D eigenvalue weighted by atomic mass is 10.3. The van der Waals surface area contributed by atoms with Gasteiger partial charge in [0.2, 0.25) is 10.0 Å². The monoisotopic (exact) mass is 311 g/mol. The Morgan fingerprint density at radius 2 is 2.24 bits per heavy atom. The second-order valence-electron chi connectivity index (χ2n) is 5.08. The van der Waals surface area contributed by atoms with Crippen LogP contribution in [0.5, 0.6) is 0 Å². The third-order valence-corrected chi connectivity index (χ3v) is 4.90. The molecular formula is C12H17N5O3S. The van der Waals surface area contributed by atoms with Gasteiger partial charge in [-0.2, -0.15) is 5.10 Å². The molecule has 1 aliphatic carbocycles. The lowest BCUT2D eigenvalue weighted by Crippen LogP contribution is -2.26. The van der Waals surface area contributed by atoms with E-state index >= 15 is 0 Å². The highest BCUT2D eigenvalue weighted by molar-refractivity contribution is 7.89. The number of aryl methyl sites for hydroxylation is 1. The Hall–Kier alpha value is -1.71. The fourth-order valence-corrected chi connectivity index (χ4v) is 3.40. The summed E-state index contributed by atoms with van der Waals surface area (Å²) in [5, 5.41) is 13.6. The fraction of sp³-hybridized carbons (Fsp3) is 0.500. The Kier molecular flexibility index (Phi) is 3.79. The van der Waals surface area contributed by atoms with Crippen molar-refractivity contribution in [2.75, 3.05) is 0 Å². The molecule has 0 atom stereocenters. The van der Waals surface area contributed by atoms with Gasteiger partial charge in [0.15, 0.2) is 5.76 Å². The van der Waals surface area contributed by atoms with Crippen LogP contribution in [0.3, 0.4) is 0 Å². The SMILES string of the molecule is Cc1[nH]nc(CNC2CC2)c1S(=O)(=O)NCc1ccno1. The minimum absolute atomic E-state index is 0.0580. The largest absolute Gasteiger partial charge is 0.360 e. The Morgan fingerprint density at radius 1 is 1.43 bits per heavy atom. The highest BCUT2D eigenvalue weighted by Crippen LogP contribution is 2.22. The molecule has 2 aromatic rings. The van der Waals surface area contributed by atoms with E-state index in [1.807, 2.05) is 0 Å². The van der Waals surface area contributed by atoms with Gasteiger partial charge >= 0.3 is 0 Å². The summed E-state index contributed by atoms with van der Waals surface area (Å²) in [6.07, 6.45) is 3.74. The van der Waals surface area contributed by atoms with E-state index in [0.717, 1.165) is 12.8 Å². The summed E-state index contributed by atoms with van der Waals surface area (Å²) in [5.41, 5.74) is 1.03.